The molecule has 34 heavy (non-hydrogen) atoms. The molecule has 1 saturated heterocycles. The van der Waals surface area contributed by atoms with Crippen LogP contribution in [0.3, 0.4) is 0 Å². The van der Waals surface area contributed by atoms with E-state index in [1.54, 1.807) is 6.07 Å². The number of hydrogen-bond donors (Lipinski definition) is 1. The fourth-order valence-corrected chi connectivity index (χ4v) is 7.35. The Morgan fingerprint density at radius 3 is 2.59 bits per heavy atom. The zero-order valence-electron chi connectivity index (χ0n) is 18.8. The van der Waals surface area contributed by atoms with E-state index in [-0.39, 0.29) is 47.1 Å². The second-order valence-corrected chi connectivity index (χ2v) is 11.5. The Morgan fingerprint density at radius 2 is 1.85 bits per heavy atom. The quantitative estimate of drug-likeness (QED) is 0.311. The van der Waals surface area contributed by atoms with Gasteiger partial charge in [0.25, 0.3) is 0 Å². The highest BCUT2D eigenvalue weighted by Gasteiger charge is 2.59. The minimum absolute atomic E-state index is 0.0755. The lowest BCUT2D eigenvalue weighted by Gasteiger charge is -2.17. The van der Waals surface area contributed by atoms with Gasteiger partial charge in [-0.15, -0.1) is 11.3 Å². The van der Waals surface area contributed by atoms with Gasteiger partial charge in [-0.3, -0.25) is 14.4 Å². The van der Waals surface area contributed by atoms with E-state index in [0.717, 1.165) is 37.8 Å². The van der Waals surface area contributed by atoms with Crippen LogP contribution in [-0.2, 0) is 14.4 Å². The highest BCUT2D eigenvalue weighted by Crippen LogP contribution is 2.53. The fraction of sp³-hybridized carbons (Fsp3) is 0.308. The van der Waals surface area contributed by atoms with Crippen molar-refractivity contribution in [3.05, 3.63) is 59.7 Å². The molecule has 0 unspecified atom stereocenters. The van der Waals surface area contributed by atoms with Gasteiger partial charge in [0.2, 0.25) is 17.7 Å². The van der Waals surface area contributed by atoms with Gasteiger partial charge in [-0.2, -0.15) is 0 Å². The summed E-state index contributed by atoms with van der Waals surface area (Å²) >= 11 is 2.86. The Bertz CT molecular complexity index is 1370. The number of thioether (sulfide) groups is 1. The molecule has 2 fully saturated rings. The number of nitrogens with one attached hydrogen (secondary N) is 1. The van der Waals surface area contributed by atoms with Gasteiger partial charge in [-0.1, -0.05) is 36.0 Å². The number of thiazole rings is 1. The van der Waals surface area contributed by atoms with Crippen molar-refractivity contribution in [3.8, 4) is 0 Å². The molecule has 1 saturated carbocycles. The standard InChI is InChI=1S/C26H23N3O3S2/c1-13-4-3-5-18(14(13)2)27-21(30)12-33-26-28-19-9-8-17(11-20(19)34-26)29-24(31)22-15-6-7-16(10-15)23(22)25(29)32/h3-9,11,15-16,22-23H,10,12H2,1-2H3,(H,27,30)/t15-,16+,22-,23-/m0/s1. The number of hydrogen-bond acceptors (Lipinski definition) is 6. The summed E-state index contributed by atoms with van der Waals surface area (Å²) in [4.78, 5) is 44.7. The molecule has 3 aromatic rings. The summed E-state index contributed by atoms with van der Waals surface area (Å²) in [6, 6.07) is 11.4. The van der Waals surface area contributed by atoms with Crippen molar-refractivity contribution in [2.75, 3.05) is 16.0 Å². The zero-order valence-corrected chi connectivity index (χ0v) is 20.4. The number of aromatic nitrogens is 1. The van der Waals surface area contributed by atoms with Crippen LogP contribution in [0.2, 0.25) is 0 Å². The number of aryl methyl sites for hydroxylation is 1. The lowest BCUT2D eigenvalue weighted by Crippen LogP contribution is -2.32. The first-order valence-corrected chi connectivity index (χ1v) is 13.2. The van der Waals surface area contributed by atoms with Crippen molar-refractivity contribution in [2.45, 2.75) is 24.6 Å². The Hall–Kier alpha value is -2.97. The minimum Gasteiger partial charge on any atom is -0.325 e. The topological polar surface area (TPSA) is 79.4 Å². The largest absolute Gasteiger partial charge is 0.325 e. The number of allylic oxidation sites excluding steroid dienone is 2. The first-order valence-electron chi connectivity index (χ1n) is 11.4. The predicted octanol–water partition coefficient (Wildman–Crippen LogP) is 4.96. The SMILES string of the molecule is Cc1cccc(NC(=O)CSc2nc3ccc(N4C(=O)[C@@H]5[C@@H](C4=O)[C@H]4C=C[C@@H]5C4)cc3s2)c1C. The van der Waals surface area contributed by atoms with Gasteiger partial charge in [0.15, 0.2) is 4.34 Å². The van der Waals surface area contributed by atoms with Gasteiger partial charge < -0.3 is 5.32 Å². The maximum atomic E-state index is 13.1. The summed E-state index contributed by atoms with van der Waals surface area (Å²) in [5.74, 6) is -0.00343. The lowest BCUT2D eigenvalue weighted by molar-refractivity contribution is -0.123. The van der Waals surface area contributed by atoms with Crippen LogP contribution in [0.5, 0.6) is 0 Å². The van der Waals surface area contributed by atoms with Crippen LogP contribution in [0.1, 0.15) is 17.5 Å². The van der Waals surface area contributed by atoms with Crippen molar-refractivity contribution in [2.24, 2.45) is 23.7 Å². The van der Waals surface area contributed by atoms with Crippen LogP contribution in [0.25, 0.3) is 10.2 Å². The average molecular weight is 490 g/mol. The molecule has 6 rings (SSSR count). The third-order valence-corrected chi connectivity index (χ3v) is 9.45. The van der Waals surface area contributed by atoms with Crippen LogP contribution >= 0.6 is 23.1 Å². The highest BCUT2D eigenvalue weighted by molar-refractivity contribution is 8.01. The molecule has 2 aliphatic carbocycles. The normalized spacial score (nSPS) is 24.9. The molecule has 172 valence electrons. The predicted molar refractivity (Wildman–Crippen MR) is 135 cm³/mol. The highest BCUT2D eigenvalue weighted by atomic mass is 32.2. The number of nitrogens with zero attached hydrogens (tertiary/aromatic N) is 2. The van der Waals surface area contributed by atoms with Crippen LogP contribution in [0.15, 0.2) is 52.9 Å². The lowest BCUT2D eigenvalue weighted by atomic mass is 9.85. The second kappa shape index (κ2) is 8.06. The maximum absolute atomic E-state index is 13.1. The molecular weight excluding hydrogens is 466 g/mol. The smallest absolute Gasteiger partial charge is 0.238 e. The van der Waals surface area contributed by atoms with Crippen molar-refractivity contribution < 1.29 is 14.4 Å². The average Bonchev–Trinajstić information content (AvgIpc) is 3.58. The van der Waals surface area contributed by atoms with E-state index in [9.17, 15) is 14.4 Å². The summed E-state index contributed by atoms with van der Waals surface area (Å²) in [7, 11) is 0. The van der Waals surface area contributed by atoms with E-state index in [1.807, 2.05) is 44.2 Å². The molecule has 2 bridgehead atoms. The van der Waals surface area contributed by atoms with Crippen LogP contribution in [0, 0.1) is 37.5 Å². The summed E-state index contributed by atoms with van der Waals surface area (Å²) < 4.78 is 1.68. The number of rotatable bonds is 5. The Balaban J connectivity index is 1.17. The summed E-state index contributed by atoms with van der Waals surface area (Å²) in [6.07, 6.45) is 5.13. The summed E-state index contributed by atoms with van der Waals surface area (Å²) in [6.45, 7) is 4.01. The number of anilines is 2. The van der Waals surface area contributed by atoms with Crippen molar-refractivity contribution in [3.63, 3.8) is 0 Å². The third kappa shape index (κ3) is 3.39. The van der Waals surface area contributed by atoms with Crippen LogP contribution in [0.4, 0.5) is 11.4 Å². The third-order valence-electron chi connectivity index (χ3n) is 7.29. The second-order valence-electron chi connectivity index (χ2n) is 9.23. The monoisotopic (exact) mass is 489 g/mol. The molecule has 2 heterocycles. The van der Waals surface area contributed by atoms with E-state index in [2.05, 4.69) is 22.5 Å². The van der Waals surface area contributed by atoms with E-state index in [0.29, 0.717) is 5.69 Å². The number of amides is 3. The van der Waals surface area contributed by atoms with E-state index in [4.69, 9.17) is 0 Å². The molecular formula is C26H23N3O3S2. The molecule has 1 aromatic heterocycles. The van der Waals surface area contributed by atoms with Crippen molar-refractivity contribution in [1.29, 1.82) is 0 Å². The maximum Gasteiger partial charge on any atom is 0.238 e. The van der Waals surface area contributed by atoms with Gasteiger partial charge in [0.1, 0.15) is 0 Å². The van der Waals surface area contributed by atoms with Crippen LogP contribution in [-0.4, -0.2) is 28.5 Å². The molecule has 0 radical (unpaired) electrons. The van der Waals surface area contributed by atoms with Gasteiger partial charge >= 0.3 is 0 Å². The van der Waals surface area contributed by atoms with Crippen LogP contribution < -0.4 is 10.2 Å². The van der Waals surface area contributed by atoms with Gasteiger partial charge in [0, 0.05) is 5.69 Å². The number of fused-ring (bicyclic) bond motifs is 6. The molecule has 1 aliphatic heterocycles. The molecule has 3 amide bonds. The summed E-state index contributed by atoms with van der Waals surface area (Å²) in [5, 5.41) is 2.97. The fourth-order valence-electron chi connectivity index (χ4n) is 5.45. The molecule has 0 spiro atoms. The Kier molecular flexibility index (Phi) is 5.11. The first-order chi connectivity index (χ1) is 16.4. The van der Waals surface area contributed by atoms with E-state index < -0.39 is 0 Å². The van der Waals surface area contributed by atoms with Gasteiger partial charge in [-0.25, -0.2) is 9.88 Å². The van der Waals surface area contributed by atoms with E-state index >= 15 is 0 Å². The number of benzene rings is 2. The van der Waals surface area contributed by atoms with Gasteiger partial charge in [0.05, 0.1) is 33.5 Å². The molecule has 4 atom stereocenters. The summed E-state index contributed by atoms with van der Waals surface area (Å²) in [5.41, 5.74) is 4.44. The Labute approximate surface area is 205 Å². The number of carbonyl (C=O) groups excluding carboxylic acids is 3. The minimum atomic E-state index is -0.207. The van der Waals surface area contributed by atoms with E-state index in [1.165, 1.54) is 28.0 Å². The van der Waals surface area contributed by atoms with Crippen molar-refractivity contribution in [1.82, 2.24) is 4.98 Å². The number of imide groups is 1. The molecule has 2 aromatic carbocycles. The first kappa shape index (κ1) is 21.6. The Morgan fingerprint density at radius 1 is 1.12 bits per heavy atom. The zero-order chi connectivity index (χ0) is 23.6. The van der Waals surface area contributed by atoms with Gasteiger partial charge in [-0.05, 0) is 67.5 Å². The number of carbonyl (C=O) groups is 3. The molecule has 3 aliphatic rings. The molecule has 6 nitrogen and oxygen atoms in total. The molecule has 1 N–H and O–H groups in total. The van der Waals surface area contributed by atoms with Crippen molar-refractivity contribution >= 4 is 62.4 Å². The molecule has 8 heteroatoms.